The average molecular weight is 316 g/mol. The second-order valence-corrected chi connectivity index (χ2v) is 5.28. The standard InChI is InChI=1S/C17H20N2O4/c1-19-11-13(9-15(19)17(22)23-2)10-18-14-5-3-4-12(8-14)6-7-16(20)21/h3-5,8-9,11,18H,6-7,10H2,1-2H3,(H,20,21). The van der Waals surface area contributed by atoms with Crippen LogP contribution in [0, 0.1) is 0 Å². The number of carbonyl (C=O) groups excluding carboxylic acids is 1. The van der Waals surface area contributed by atoms with Gasteiger partial charge < -0.3 is 19.7 Å². The first-order valence-electron chi connectivity index (χ1n) is 7.27. The Kier molecular flexibility index (Phi) is 5.41. The van der Waals surface area contributed by atoms with Gasteiger partial charge in [-0.15, -0.1) is 0 Å². The lowest BCUT2D eigenvalue weighted by Crippen LogP contribution is -2.06. The summed E-state index contributed by atoms with van der Waals surface area (Å²) in [5.41, 5.74) is 3.35. The van der Waals surface area contributed by atoms with Crippen LogP contribution in [0.5, 0.6) is 0 Å². The van der Waals surface area contributed by atoms with Gasteiger partial charge in [0.25, 0.3) is 0 Å². The number of aryl methyl sites for hydroxylation is 2. The first-order chi connectivity index (χ1) is 11.0. The molecule has 0 unspecified atom stereocenters. The van der Waals surface area contributed by atoms with Crippen molar-refractivity contribution in [3.8, 4) is 0 Å². The predicted octanol–water partition coefficient (Wildman–Crippen LogP) is 2.44. The van der Waals surface area contributed by atoms with Gasteiger partial charge in [-0.25, -0.2) is 4.79 Å². The quantitative estimate of drug-likeness (QED) is 0.767. The molecule has 0 spiro atoms. The van der Waals surface area contributed by atoms with Crippen LogP contribution in [0.4, 0.5) is 5.69 Å². The number of nitrogens with zero attached hydrogens (tertiary/aromatic N) is 1. The van der Waals surface area contributed by atoms with Gasteiger partial charge in [-0.2, -0.15) is 0 Å². The fourth-order valence-electron chi connectivity index (χ4n) is 2.33. The number of anilines is 1. The molecule has 2 aromatic rings. The van der Waals surface area contributed by atoms with Gasteiger partial charge in [-0.1, -0.05) is 12.1 Å². The van der Waals surface area contributed by atoms with Crippen molar-refractivity contribution in [1.82, 2.24) is 4.57 Å². The van der Waals surface area contributed by atoms with E-state index in [2.05, 4.69) is 5.32 Å². The lowest BCUT2D eigenvalue weighted by Gasteiger charge is -2.07. The average Bonchev–Trinajstić information content (AvgIpc) is 2.91. The number of esters is 1. The van der Waals surface area contributed by atoms with Crippen LogP contribution >= 0.6 is 0 Å². The molecule has 0 bridgehead atoms. The van der Waals surface area contributed by atoms with Crippen molar-refractivity contribution in [1.29, 1.82) is 0 Å². The molecule has 0 aliphatic rings. The van der Waals surface area contributed by atoms with E-state index < -0.39 is 5.97 Å². The maximum absolute atomic E-state index is 11.6. The third kappa shape index (κ3) is 4.60. The Hall–Kier alpha value is -2.76. The summed E-state index contributed by atoms with van der Waals surface area (Å²) in [6.07, 6.45) is 2.49. The van der Waals surface area contributed by atoms with Gasteiger partial charge in [0, 0.05) is 31.9 Å². The zero-order chi connectivity index (χ0) is 16.8. The molecule has 6 nitrogen and oxygen atoms in total. The van der Waals surface area contributed by atoms with Gasteiger partial charge in [-0.3, -0.25) is 4.79 Å². The van der Waals surface area contributed by atoms with E-state index in [0.717, 1.165) is 16.8 Å². The Balaban J connectivity index is 1.99. The normalized spacial score (nSPS) is 10.3. The van der Waals surface area contributed by atoms with Gasteiger partial charge >= 0.3 is 11.9 Å². The lowest BCUT2D eigenvalue weighted by atomic mass is 10.1. The largest absolute Gasteiger partial charge is 0.481 e. The smallest absolute Gasteiger partial charge is 0.354 e. The summed E-state index contributed by atoms with van der Waals surface area (Å²) in [5, 5.41) is 12.0. The number of nitrogens with one attached hydrogen (secondary N) is 1. The fourth-order valence-corrected chi connectivity index (χ4v) is 2.33. The van der Waals surface area contributed by atoms with Crippen molar-refractivity contribution in [3.05, 3.63) is 53.3 Å². The summed E-state index contributed by atoms with van der Waals surface area (Å²) in [4.78, 5) is 22.2. The monoisotopic (exact) mass is 316 g/mol. The van der Waals surface area contributed by atoms with E-state index in [1.54, 1.807) is 17.7 Å². The number of aliphatic carboxylic acids is 1. The zero-order valence-corrected chi connectivity index (χ0v) is 13.2. The number of aromatic nitrogens is 1. The summed E-state index contributed by atoms with van der Waals surface area (Å²) in [5.74, 6) is -1.17. The molecule has 1 heterocycles. The van der Waals surface area contributed by atoms with Gasteiger partial charge in [0.2, 0.25) is 0 Å². The molecule has 0 saturated carbocycles. The highest BCUT2D eigenvalue weighted by Gasteiger charge is 2.11. The van der Waals surface area contributed by atoms with E-state index in [0.29, 0.717) is 18.7 Å². The molecular weight excluding hydrogens is 296 g/mol. The van der Waals surface area contributed by atoms with Crippen LogP contribution < -0.4 is 5.32 Å². The van der Waals surface area contributed by atoms with Crippen LogP contribution in [0.2, 0.25) is 0 Å². The fraction of sp³-hybridized carbons (Fsp3) is 0.294. The van der Waals surface area contributed by atoms with Gasteiger partial charge in [0.05, 0.1) is 7.11 Å². The maximum Gasteiger partial charge on any atom is 0.354 e. The van der Waals surface area contributed by atoms with Crippen molar-refractivity contribution < 1.29 is 19.4 Å². The Morgan fingerprint density at radius 1 is 1.26 bits per heavy atom. The highest BCUT2D eigenvalue weighted by Crippen LogP contribution is 2.15. The molecule has 2 N–H and O–H groups in total. The lowest BCUT2D eigenvalue weighted by molar-refractivity contribution is -0.136. The van der Waals surface area contributed by atoms with Crippen LogP contribution in [-0.4, -0.2) is 28.7 Å². The molecule has 0 saturated heterocycles. The first-order valence-corrected chi connectivity index (χ1v) is 7.27. The number of ether oxygens (including phenoxy) is 1. The highest BCUT2D eigenvalue weighted by molar-refractivity contribution is 5.87. The molecule has 0 fully saturated rings. The number of hydrogen-bond donors (Lipinski definition) is 2. The summed E-state index contributed by atoms with van der Waals surface area (Å²) in [7, 11) is 3.15. The highest BCUT2D eigenvalue weighted by atomic mass is 16.5. The second-order valence-electron chi connectivity index (χ2n) is 5.28. The number of carboxylic acid groups (broad SMARTS) is 1. The minimum Gasteiger partial charge on any atom is -0.481 e. The predicted molar refractivity (Wildman–Crippen MR) is 86.5 cm³/mol. The van der Waals surface area contributed by atoms with Gasteiger partial charge in [0.15, 0.2) is 0 Å². The van der Waals surface area contributed by atoms with Crippen LogP contribution in [0.3, 0.4) is 0 Å². The number of rotatable bonds is 7. The molecule has 1 aromatic carbocycles. The van der Waals surface area contributed by atoms with Crippen molar-refractivity contribution in [2.45, 2.75) is 19.4 Å². The summed E-state index contributed by atoms with van der Waals surface area (Å²) >= 11 is 0. The summed E-state index contributed by atoms with van der Waals surface area (Å²) in [6.45, 7) is 0.563. The molecule has 1 aromatic heterocycles. The van der Waals surface area contributed by atoms with Gasteiger partial charge in [-0.05, 0) is 35.7 Å². The van der Waals surface area contributed by atoms with E-state index in [9.17, 15) is 9.59 Å². The van der Waals surface area contributed by atoms with E-state index in [1.807, 2.05) is 30.5 Å². The number of carboxylic acids is 1. The van der Waals surface area contributed by atoms with E-state index in [-0.39, 0.29) is 12.4 Å². The van der Waals surface area contributed by atoms with Crippen molar-refractivity contribution in [2.75, 3.05) is 12.4 Å². The van der Waals surface area contributed by atoms with Crippen molar-refractivity contribution in [2.24, 2.45) is 7.05 Å². The third-order valence-corrected chi connectivity index (χ3v) is 3.51. The first kappa shape index (κ1) is 16.6. The van der Waals surface area contributed by atoms with E-state index >= 15 is 0 Å². The summed E-state index contributed by atoms with van der Waals surface area (Å²) in [6, 6.07) is 9.45. The Morgan fingerprint density at radius 2 is 2.04 bits per heavy atom. The topological polar surface area (TPSA) is 80.6 Å². The summed E-state index contributed by atoms with van der Waals surface area (Å²) < 4.78 is 6.46. The van der Waals surface area contributed by atoms with E-state index in [4.69, 9.17) is 9.84 Å². The molecule has 0 aliphatic heterocycles. The third-order valence-electron chi connectivity index (χ3n) is 3.51. The van der Waals surface area contributed by atoms with Crippen LogP contribution in [0.1, 0.15) is 28.0 Å². The molecule has 2 rings (SSSR count). The van der Waals surface area contributed by atoms with E-state index in [1.165, 1.54) is 7.11 Å². The Bertz CT molecular complexity index is 706. The molecule has 0 amide bonds. The number of methoxy groups -OCH3 is 1. The van der Waals surface area contributed by atoms with Crippen LogP contribution in [0.25, 0.3) is 0 Å². The van der Waals surface area contributed by atoms with Gasteiger partial charge in [0.1, 0.15) is 5.69 Å². The Morgan fingerprint density at radius 3 is 2.74 bits per heavy atom. The number of hydrogen-bond acceptors (Lipinski definition) is 4. The minimum atomic E-state index is -0.803. The van der Waals surface area contributed by atoms with Crippen molar-refractivity contribution in [3.63, 3.8) is 0 Å². The zero-order valence-electron chi connectivity index (χ0n) is 13.2. The molecule has 6 heteroatoms. The maximum atomic E-state index is 11.6. The minimum absolute atomic E-state index is 0.116. The van der Waals surface area contributed by atoms with Crippen molar-refractivity contribution >= 4 is 17.6 Å². The SMILES string of the molecule is COC(=O)c1cc(CNc2cccc(CCC(=O)O)c2)cn1C. The molecule has 122 valence electrons. The van der Waals surface area contributed by atoms with Crippen LogP contribution in [0.15, 0.2) is 36.5 Å². The molecule has 23 heavy (non-hydrogen) atoms. The number of carbonyl (C=O) groups is 2. The molecular formula is C17H20N2O4. The molecule has 0 atom stereocenters. The number of benzene rings is 1. The second kappa shape index (κ2) is 7.49. The Labute approximate surface area is 134 Å². The molecule has 0 radical (unpaired) electrons. The van der Waals surface area contributed by atoms with Crippen LogP contribution in [-0.2, 0) is 29.5 Å². The molecule has 0 aliphatic carbocycles.